The van der Waals surface area contributed by atoms with Gasteiger partial charge in [-0.1, -0.05) is 29.8 Å². The minimum absolute atomic E-state index is 0.169. The maximum atomic E-state index is 13.4. The standard InChI is InChI=1S/C15H15ClFN/c1-10-3-5-12(7-14(10)17)9-18-15-8-13(16)6-4-11(15)2/h3-8,18H,9H2,1-2H3. The van der Waals surface area contributed by atoms with Crippen molar-refractivity contribution < 1.29 is 4.39 Å². The fourth-order valence-electron chi connectivity index (χ4n) is 1.73. The third-order valence-electron chi connectivity index (χ3n) is 2.92. The molecule has 0 bridgehead atoms. The van der Waals surface area contributed by atoms with Crippen molar-refractivity contribution >= 4 is 17.3 Å². The molecule has 0 spiro atoms. The van der Waals surface area contributed by atoms with Gasteiger partial charge in [0.05, 0.1) is 0 Å². The van der Waals surface area contributed by atoms with E-state index in [1.54, 1.807) is 19.1 Å². The van der Waals surface area contributed by atoms with Gasteiger partial charge in [0, 0.05) is 17.3 Å². The lowest BCUT2D eigenvalue weighted by Crippen LogP contribution is -2.01. The number of aryl methyl sites for hydroxylation is 2. The van der Waals surface area contributed by atoms with Gasteiger partial charge in [-0.25, -0.2) is 4.39 Å². The fraction of sp³-hybridized carbons (Fsp3) is 0.200. The number of benzene rings is 2. The Hall–Kier alpha value is -1.54. The van der Waals surface area contributed by atoms with Crippen molar-refractivity contribution in [1.29, 1.82) is 0 Å². The molecule has 2 rings (SSSR count). The van der Waals surface area contributed by atoms with Gasteiger partial charge >= 0.3 is 0 Å². The molecule has 94 valence electrons. The molecule has 0 atom stereocenters. The van der Waals surface area contributed by atoms with Crippen LogP contribution in [0.2, 0.25) is 5.02 Å². The summed E-state index contributed by atoms with van der Waals surface area (Å²) in [7, 11) is 0. The van der Waals surface area contributed by atoms with E-state index in [1.807, 2.05) is 31.2 Å². The SMILES string of the molecule is Cc1ccc(CNc2cc(Cl)ccc2C)cc1F. The van der Waals surface area contributed by atoms with Crippen LogP contribution < -0.4 is 5.32 Å². The summed E-state index contributed by atoms with van der Waals surface area (Å²) >= 11 is 5.94. The first-order chi connectivity index (χ1) is 8.56. The van der Waals surface area contributed by atoms with E-state index >= 15 is 0 Å². The van der Waals surface area contributed by atoms with E-state index in [0.29, 0.717) is 17.1 Å². The zero-order valence-corrected chi connectivity index (χ0v) is 11.2. The molecule has 0 aliphatic rings. The van der Waals surface area contributed by atoms with Crippen LogP contribution in [0, 0.1) is 19.7 Å². The molecule has 0 aromatic heterocycles. The molecule has 0 amide bonds. The first-order valence-corrected chi connectivity index (χ1v) is 6.19. The Balaban J connectivity index is 2.11. The molecule has 0 saturated carbocycles. The lowest BCUT2D eigenvalue weighted by atomic mass is 10.1. The van der Waals surface area contributed by atoms with Gasteiger partial charge in [-0.2, -0.15) is 0 Å². The second-order valence-corrected chi connectivity index (χ2v) is 4.83. The molecule has 1 N–H and O–H groups in total. The van der Waals surface area contributed by atoms with Crippen molar-refractivity contribution in [3.05, 3.63) is 63.9 Å². The van der Waals surface area contributed by atoms with E-state index in [0.717, 1.165) is 16.8 Å². The highest BCUT2D eigenvalue weighted by molar-refractivity contribution is 6.30. The van der Waals surface area contributed by atoms with E-state index in [9.17, 15) is 4.39 Å². The summed E-state index contributed by atoms with van der Waals surface area (Å²) in [5.74, 6) is -0.169. The van der Waals surface area contributed by atoms with Crippen molar-refractivity contribution in [2.45, 2.75) is 20.4 Å². The first kappa shape index (κ1) is 12.9. The first-order valence-electron chi connectivity index (χ1n) is 5.81. The Morgan fingerprint density at radius 3 is 2.50 bits per heavy atom. The van der Waals surface area contributed by atoms with Crippen molar-refractivity contribution in [3.63, 3.8) is 0 Å². The second kappa shape index (κ2) is 5.40. The van der Waals surface area contributed by atoms with Crippen LogP contribution in [0.1, 0.15) is 16.7 Å². The van der Waals surface area contributed by atoms with Crippen LogP contribution in [0.4, 0.5) is 10.1 Å². The molecule has 0 aliphatic carbocycles. The molecular formula is C15H15ClFN. The van der Waals surface area contributed by atoms with Gasteiger partial charge in [0.15, 0.2) is 0 Å². The van der Waals surface area contributed by atoms with Gasteiger partial charge in [0.2, 0.25) is 0 Å². The van der Waals surface area contributed by atoms with E-state index in [2.05, 4.69) is 5.32 Å². The number of rotatable bonds is 3. The number of nitrogens with one attached hydrogen (secondary N) is 1. The van der Waals surface area contributed by atoms with E-state index in [1.165, 1.54) is 0 Å². The normalized spacial score (nSPS) is 10.4. The second-order valence-electron chi connectivity index (χ2n) is 4.40. The van der Waals surface area contributed by atoms with Crippen LogP contribution in [0.25, 0.3) is 0 Å². The van der Waals surface area contributed by atoms with E-state index in [-0.39, 0.29) is 5.82 Å². The number of hydrogen-bond donors (Lipinski definition) is 1. The molecule has 0 saturated heterocycles. The summed E-state index contributed by atoms with van der Waals surface area (Å²) in [4.78, 5) is 0. The van der Waals surface area contributed by atoms with Crippen molar-refractivity contribution in [2.75, 3.05) is 5.32 Å². The maximum Gasteiger partial charge on any atom is 0.126 e. The topological polar surface area (TPSA) is 12.0 Å². The average molecular weight is 264 g/mol. The van der Waals surface area contributed by atoms with Gasteiger partial charge in [-0.05, 0) is 48.7 Å². The van der Waals surface area contributed by atoms with Gasteiger partial charge in [-0.3, -0.25) is 0 Å². The average Bonchev–Trinajstić information content (AvgIpc) is 2.34. The van der Waals surface area contributed by atoms with Crippen LogP contribution in [-0.2, 0) is 6.54 Å². The third-order valence-corrected chi connectivity index (χ3v) is 3.15. The summed E-state index contributed by atoms with van der Waals surface area (Å²) in [6.45, 7) is 4.35. The van der Waals surface area contributed by atoms with Gasteiger partial charge in [0.1, 0.15) is 5.82 Å². The quantitative estimate of drug-likeness (QED) is 0.846. The summed E-state index contributed by atoms with van der Waals surface area (Å²) in [6.07, 6.45) is 0. The lowest BCUT2D eigenvalue weighted by molar-refractivity contribution is 0.616. The molecule has 2 aromatic rings. The maximum absolute atomic E-state index is 13.4. The van der Waals surface area contributed by atoms with Crippen molar-refractivity contribution in [1.82, 2.24) is 0 Å². The van der Waals surface area contributed by atoms with Crippen LogP contribution in [0.15, 0.2) is 36.4 Å². The summed E-state index contributed by atoms with van der Waals surface area (Å²) in [5.41, 5.74) is 3.67. The Morgan fingerprint density at radius 1 is 1.06 bits per heavy atom. The lowest BCUT2D eigenvalue weighted by Gasteiger charge is -2.10. The Bertz CT molecular complexity index is 566. The number of anilines is 1. The van der Waals surface area contributed by atoms with Crippen molar-refractivity contribution in [3.8, 4) is 0 Å². The monoisotopic (exact) mass is 263 g/mol. The van der Waals surface area contributed by atoms with Gasteiger partial charge in [-0.15, -0.1) is 0 Å². The summed E-state index contributed by atoms with van der Waals surface area (Å²) < 4.78 is 13.4. The van der Waals surface area contributed by atoms with E-state index in [4.69, 9.17) is 11.6 Å². The van der Waals surface area contributed by atoms with E-state index < -0.39 is 0 Å². The molecule has 0 aliphatic heterocycles. The Morgan fingerprint density at radius 2 is 1.78 bits per heavy atom. The van der Waals surface area contributed by atoms with Crippen LogP contribution >= 0.6 is 11.6 Å². The van der Waals surface area contributed by atoms with Crippen LogP contribution in [0.5, 0.6) is 0 Å². The molecule has 0 unspecified atom stereocenters. The Labute approximate surface area is 112 Å². The third kappa shape index (κ3) is 3.02. The van der Waals surface area contributed by atoms with Crippen molar-refractivity contribution in [2.24, 2.45) is 0 Å². The fourth-order valence-corrected chi connectivity index (χ4v) is 1.90. The molecule has 0 heterocycles. The summed E-state index contributed by atoms with van der Waals surface area (Å²) in [5, 5.41) is 3.96. The van der Waals surface area contributed by atoms with Gasteiger partial charge < -0.3 is 5.32 Å². The van der Waals surface area contributed by atoms with Crippen LogP contribution in [0.3, 0.4) is 0 Å². The smallest absolute Gasteiger partial charge is 0.126 e. The molecule has 0 radical (unpaired) electrons. The minimum Gasteiger partial charge on any atom is -0.381 e. The predicted molar refractivity (Wildman–Crippen MR) is 74.7 cm³/mol. The Kier molecular flexibility index (Phi) is 3.87. The zero-order chi connectivity index (χ0) is 13.1. The molecule has 0 fully saturated rings. The molecular weight excluding hydrogens is 249 g/mol. The molecule has 18 heavy (non-hydrogen) atoms. The zero-order valence-electron chi connectivity index (χ0n) is 10.4. The molecule has 1 nitrogen and oxygen atoms in total. The van der Waals surface area contributed by atoms with Crippen LogP contribution in [-0.4, -0.2) is 0 Å². The largest absolute Gasteiger partial charge is 0.381 e. The molecule has 2 aromatic carbocycles. The predicted octanol–water partition coefficient (Wildman–Crippen LogP) is 4.71. The highest BCUT2D eigenvalue weighted by Gasteiger charge is 2.02. The number of halogens is 2. The van der Waals surface area contributed by atoms with Gasteiger partial charge in [0.25, 0.3) is 0 Å². The highest BCUT2D eigenvalue weighted by atomic mass is 35.5. The highest BCUT2D eigenvalue weighted by Crippen LogP contribution is 2.21. The minimum atomic E-state index is -0.169. The molecule has 3 heteroatoms. The summed E-state index contributed by atoms with van der Waals surface area (Å²) in [6, 6.07) is 11.0. The number of hydrogen-bond acceptors (Lipinski definition) is 1.